The van der Waals surface area contributed by atoms with E-state index in [4.69, 9.17) is 11.6 Å². The molecule has 3 nitrogen and oxygen atoms in total. The molecule has 1 aliphatic heterocycles. The molecule has 1 fully saturated rings. The van der Waals surface area contributed by atoms with Gasteiger partial charge in [0.25, 0.3) is 5.91 Å². The third kappa shape index (κ3) is 3.12. The van der Waals surface area contributed by atoms with Crippen molar-refractivity contribution in [2.75, 3.05) is 11.5 Å². The number of rotatable bonds is 2. The highest BCUT2D eigenvalue weighted by atomic mass is 35.5. The summed E-state index contributed by atoms with van der Waals surface area (Å²) in [6.45, 7) is 0. The molecule has 2 rings (SSSR count). The van der Waals surface area contributed by atoms with Crippen LogP contribution in [0.1, 0.15) is 23.2 Å². The lowest BCUT2D eigenvalue weighted by atomic mass is 10.1. The Labute approximate surface area is 104 Å². The van der Waals surface area contributed by atoms with Crippen LogP contribution in [-0.2, 0) is 0 Å². The van der Waals surface area contributed by atoms with Crippen LogP contribution in [0.2, 0.25) is 5.15 Å². The molecular weight excluding hydrogens is 244 g/mol. The SMILES string of the molecule is O=C(NC1CCCSC1)c1ccc(Cl)nc1. The molecule has 1 atom stereocenters. The molecule has 0 aliphatic carbocycles. The van der Waals surface area contributed by atoms with Gasteiger partial charge in [0.05, 0.1) is 5.56 Å². The maximum absolute atomic E-state index is 11.8. The minimum absolute atomic E-state index is 0.0586. The Kier molecular flexibility index (Phi) is 4.07. The highest BCUT2D eigenvalue weighted by Crippen LogP contribution is 2.17. The average Bonchev–Trinajstić information content (AvgIpc) is 2.31. The average molecular weight is 257 g/mol. The first-order chi connectivity index (χ1) is 7.75. The zero-order valence-electron chi connectivity index (χ0n) is 8.78. The van der Waals surface area contributed by atoms with E-state index >= 15 is 0 Å². The number of hydrogen-bond donors (Lipinski definition) is 1. The Bertz CT molecular complexity index is 363. The second-order valence-electron chi connectivity index (χ2n) is 3.76. The molecule has 16 heavy (non-hydrogen) atoms. The van der Waals surface area contributed by atoms with Crippen molar-refractivity contribution in [3.05, 3.63) is 29.0 Å². The van der Waals surface area contributed by atoms with Crippen LogP contribution in [0, 0.1) is 0 Å². The molecule has 5 heteroatoms. The van der Waals surface area contributed by atoms with Gasteiger partial charge in [-0.15, -0.1) is 0 Å². The highest BCUT2D eigenvalue weighted by Gasteiger charge is 2.16. The lowest BCUT2D eigenvalue weighted by Crippen LogP contribution is -2.38. The number of carbonyl (C=O) groups excluding carboxylic acids is 1. The predicted octanol–water partition coefficient (Wildman–Crippen LogP) is 2.36. The molecule has 1 aliphatic rings. The Morgan fingerprint density at radius 3 is 3.06 bits per heavy atom. The van der Waals surface area contributed by atoms with E-state index in [2.05, 4.69) is 10.3 Å². The van der Waals surface area contributed by atoms with E-state index < -0.39 is 0 Å². The maximum atomic E-state index is 11.8. The van der Waals surface area contributed by atoms with E-state index in [1.807, 2.05) is 11.8 Å². The minimum Gasteiger partial charge on any atom is -0.348 e. The number of nitrogens with zero attached hydrogens (tertiary/aromatic N) is 1. The zero-order valence-corrected chi connectivity index (χ0v) is 10.4. The smallest absolute Gasteiger partial charge is 0.253 e. The molecule has 0 bridgehead atoms. The van der Waals surface area contributed by atoms with Crippen molar-refractivity contribution in [3.8, 4) is 0 Å². The van der Waals surface area contributed by atoms with Crippen molar-refractivity contribution in [1.82, 2.24) is 10.3 Å². The van der Waals surface area contributed by atoms with Crippen LogP contribution in [0.5, 0.6) is 0 Å². The van der Waals surface area contributed by atoms with Crippen molar-refractivity contribution in [1.29, 1.82) is 0 Å². The molecule has 1 unspecified atom stereocenters. The van der Waals surface area contributed by atoms with E-state index in [1.165, 1.54) is 18.4 Å². The van der Waals surface area contributed by atoms with Gasteiger partial charge in [0.1, 0.15) is 5.15 Å². The van der Waals surface area contributed by atoms with Crippen LogP contribution in [0.25, 0.3) is 0 Å². The lowest BCUT2D eigenvalue weighted by molar-refractivity contribution is 0.0938. The van der Waals surface area contributed by atoms with Crippen LogP contribution in [0.3, 0.4) is 0 Å². The second kappa shape index (κ2) is 5.55. The Morgan fingerprint density at radius 1 is 1.56 bits per heavy atom. The van der Waals surface area contributed by atoms with Crippen LogP contribution in [-0.4, -0.2) is 28.4 Å². The summed E-state index contributed by atoms with van der Waals surface area (Å²) in [5.41, 5.74) is 0.569. The van der Waals surface area contributed by atoms with Gasteiger partial charge in [0, 0.05) is 18.0 Å². The number of carbonyl (C=O) groups is 1. The highest BCUT2D eigenvalue weighted by molar-refractivity contribution is 7.99. The van der Waals surface area contributed by atoms with Crippen molar-refractivity contribution in [2.24, 2.45) is 0 Å². The molecule has 0 radical (unpaired) electrons. The number of aromatic nitrogens is 1. The largest absolute Gasteiger partial charge is 0.348 e. The summed E-state index contributed by atoms with van der Waals surface area (Å²) in [5.74, 6) is 2.15. The van der Waals surface area contributed by atoms with Gasteiger partial charge in [-0.25, -0.2) is 4.98 Å². The van der Waals surface area contributed by atoms with Gasteiger partial charge in [0.15, 0.2) is 0 Å². The fraction of sp³-hybridized carbons (Fsp3) is 0.455. The molecule has 1 amide bonds. The fourth-order valence-electron chi connectivity index (χ4n) is 1.63. The zero-order chi connectivity index (χ0) is 11.4. The van der Waals surface area contributed by atoms with Crippen molar-refractivity contribution < 1.29 is 4.79 Å². The molecule has 1 aromatic heterocycles. The number of nitrogens with one attached hydrogen (secondary N) is 1. The molecule has 2 heterocycles. The number of hydrogen-bond acceptors (Lipinski definition) is 3. The third-order valence-electron chi connectivity index (χ3n) is 2.49. The van der Waals surface area contributed by atoms with Crippen LogP contribution in [0.4, 0.5) is 0 Å². The minimum atomic E-state index is -0.0586. The Hall–Kier alpha value is -0.740. The first-order valence-electron chi connectivity index (χ1n) is 5.26. The summed E-state index contributed by atoms with van der Waals surface area (Å²) in [4.78, 5) is 15.7. The molecule has 0 aromatic carbocycles. The maximum Gasteiger partial charge on any atom is 0.253 e. The van der Waals surface area contributed by atoms with Crippen LogP contribution < -0.4 is 5.32 Å². The van der Waals surface area contributed by atoms with Crippen molar-refractivity contribution in [3.63, 3.8) is 0 Å². The summed E-state index contributed by atoms with van der Waals surface area (Å²) in [6.07, 6.45) is 3.75. The van der Waals surface area contributed by atoms with Gasteiger partial charge < -0.3 is 5.32 Å². The molecule has 0 saturated carbocycles. The number of amides is 1. The predicted molar refractivity (Wildman–Crippen MR) is 67.1 cm³/mol. The van der Waals surface area contributed by atoms with E-state index in [-0.39, 0.29) is 5.91 Å². The molecule has 86 valence electrons. The summed E-state index contributed by atoms with van der Waals surface area (Å²) in [5, 5.41) is 3.42. The monoisotopic (exact) mass is 256 g/mol. The summed E-state index contributed by atoms with van der Waals surface area (Å²) in [6, 6.07) is 3.62. The number of pyridine rings is 1. The molecule has 0 spiro atoms. The fourth-order valence-corrected chi connectivity index (χ4v) is 2.82. The molecular formula is C11H13ClN2OS. The standard InChI is InChI=1S/C11H13ClN2OS/c12-10-4-3-8(6-13-10)11(15)14-9-2-1-5-16-7-9/h3-4,6,9H,1-2,5,7H2,(H,14,15). The number of thioether (sulfide) groups is 1. The topological polar surface area (TPSA) is 42.0 Å². The van der Waals surface area contributed by atoms with E-state index in [0.29, 0.717) is 16.8 Å². The molecule has 1 saturated heterocycles. The van der Waals surface area contributed by atoms with Gasteiger partial charge in [-0.3, -0.25) is 4.79 Å². The van der Waals surface area contributed by atoms with Crippen molar-refractivity contribution in [2.45, 2.75) is 18.9 Å². The van der Waals surface area contributed by atoms with E-state index in [9.17, 15) is 4.79 Å². The summed E-state index contributed by atoms with van der Waals surface area (Å²) >= 11 is 7.55. The summed E-state index contributed by atoms with van der Waals surface area (Å²) < 4.78 is 0. The Balaban J connectivity index is 1.94. The Morgan fingerprint density at radius 2 is 2.44 bits per heavy atom. The van der Waals surface area contributed by atoms with E-state index in [0.717, 1.165) is 12.2 Å². The second-order valence-corrected chi connectivity index (χ2v) is 5.29. The first kappa shape index (κ1) is 11.7. The van der Waals surface area contributed by atoms with Crippen LogP contribution in [0.15, 0.2) is 18.3 Å². The molecule has 1 aromatic rings. The van der Waals surface area contributed by atoms with Gasteiger partial charge in [-0.2, -0.15) is 11.8 Å². The van der Waals surface area contributed by atoms with E-state index in [1.54, 1.807) is 12.1 Å². The third-order valence-corrected chi connectivity index (χ3v) is 3.92. The van der Waals surface area contributed by atoms with Gasteiger partial charge >= 0.3 is 0 Å². The first-order valence-corrected chi connectivity index (χ1v) is 6.79. The van der Waals surface area contributed by atoms with Gasteiger partial charge in [-0.1, -0.05) is 11.6 Å². The van der Waals surface area contributed by atoms with Gasteiger partial charge in [0.2, 0.25) is 0 Å². The van der Waals surface area contributed by atoms with Gasteiger partial charge in [-0.05, 0) is 30.7 Å². The quantitative estimate of drug-likeness (QED) is 0.826. The summed E-state index contributed by atoms with van der Waals surface area (Å²) in [7, 11) is 0. The van der Waals surface area contributed by atoms with Crippen LogP contribution >= 0.6 is 23.4 Å². The van der Waals surface area contributed by atoms with Crippen molar-refractivity contribution >= 4 is 29.3 Å². The number of halogens is 1. The normalized spacial score (nSPS) is 20.4. The lowest BCUT2D eigenvalue weighted by Gasteiger charge is -2.22. The molecule has 1 N–H and O–H groups in total.